The van der Waals surface area contributed by atoms with E-state index in [1.807, 2.05) is 42.5 Å². The summed E-state index contributed by atoms with van der Waals surface area (Å²) in [5, 5.41) is 12.6. The Morgan fingerprint density at radius 2 is 1.78 bits per heavy atom. The molecule has 4 aromatic rings. The maximum Gasteiger partial charge on any atom is 0.338 e. The van der Waals surface area contributed by atoms with Crippen LogP contribution in [0.1, 0.15) is 39.9 Å². The number of aliphatic hydroxyl groups is 1. The molecule has 6 heteroatoms. The Morgan fingerprint density at radius 3 is 2.61 bits per heavy atom. The van der Waals surface area contributed by atoms with E-state index in [0.717, 1.165) is 21.9 Å². The van der Waals surface area contributed by atoms with Crippen LogP contribution in [0.15, 0.2) is 72.8 Å². The molecule has 0 aromatic heterocycles. The monoisotopic (exact) mass is 484 g/mol. The zero-order valence-corrected chi connectivity index (χ0v) is 19.6. The maximum atomic E-state index is 14.9. The van der Waals surface area contributed by atoms with Crippen LogP contribution in [0, 0.1) is 5.82 Å². The van der Waals surface area contributed by atoms with Gasteiger partial charge < -0.3 is 19.3 Å². The van der Waals surface area contributed by atoms with Crippen molar-refractivity contribution in [3.63, 3.8) is 0 Å². The molecule has 1 N–H and O–H groups in total. The second kappa shape index (κ2) is 9.04. The highest BCUT2D eigenvalue weighted by molar-refractivity contribution is 6.07. The van der Waals surface area contributed by atoms with Crippen molar-refractivity contribution in [3.8, 4) is 16.9 Å². The summed E-state index contributed by atoms with van der Waals surface area (Å²) in [7, 11) is 0. The number of hydrogen-bond donors (Lipinski definition) is 1. The third kappa shape index (κ3) is 4.02. The molecular weight excluding hydrogens is 459 g/mol. The van der Waals surface area contributed by atoms with Crippen molar-refractivity contribution in [1.29, 1.82) is 0 Å². The normalized spacial score (nSPS) is 16.6. The molecule has 0 atom stereocenters. The van der Waals surface area contributed by atoms with Crippen LogP contribution in [-0.2, 0) is 28.3 Å². The second-order valence-electron chi connectivity index (χ2n) is 9.35. The lowest BCUT2D eigenvalue weighted by molar-refractivity contribution is -0.0679. The summed E-state index contributed by atoms with van der Waals surface area (Å²) >= 11 is 0. The minimum atomic E-state index is -0.883. The van der Waals surface area contributed by atoms with Gasteiger partial charge in [0.15, 0.2) is 0 Å². The van der Waals surface area contributed by atoms with Gasteiger partial charge in [-0.05, 0) is 52.2 Å². The van der Waals surface area contributed by atoms with Crippen molar-refractivity contribution >= 4 is 16.7 Å². The lowest BCUT2D eigenvalue weighted by atomic mass is 9.86. The Balaban J connectivity index is 1.35. The summed E-state index contributed by atoms with van der Waals surface area (Å²) in [5.41, 5.74) is 3.16. The first-order chi connectivity index (χ1) is 17.5. The molecule has 1 fully saturated rings. The molecule has 36 heavy (non-hydrogen) atoms. The van der Waals surface area contributed by atoms with Gasteiger partial charge in [0.25, 0.3) is 0 Å². The number of esters is 1. The smallest absolute Gasteiger partial charge is 0.338 e. The first kappa shape index (κ1) is 22.7. The number of carbonyl (C=O) groups excluding carboxylic acids is 1. The van der Waals surface area contributed by atoms with Gasteiger partial charge in [0, 0.05) is 42.7 Å². The third-order valence-corrected chi connectivity index (χ3v) is 7.12. The van der Waals surface area contributed by atoms with Gasteiger partial charge in [0.1, 0.15) is 24.8 Å². The summed E-state index contributed by atoms with van der Waals surface area (Å²) in [4.78, 5) is 12.3. The standard InChI is InChI=1S/C30H25FO5/c31-27-7-2-1-6-23(27)28-24-16-22(9-8-20(24)15-25-26(28)18-36-29(25)32)35-17-19-4-3-5-21(14-19)30(33)10-12-34-13-11-30/h1-9,14-16,33H,10-13,17-18H2. The van der Waals surface area contributed by atoms with E-state index in [9.17, 15) is 14.3 Å². The molecule has 2 aliphatic rings. The van der Waals surface area contributed by atoms with E-state index in [1.165, 1.54) is 6.07 Å². The Kier molecular flexibility index (Phi) is 5.70. The van der Waals surface area contributed by atoms with E-state index in [-0.39, 0.29) is 12.4 Å². The van der Waals surface area contributed by atoms with Gasteiger partial charge in [-0.3, -0.25) is 0 Å². The number of hydrogen-bond acceptors (Lipinski definition) is 5. The molecule has 0 aliphatic carbocycles. The van der Waals surface area contributed by atoms with Crippen LogP contribution in [0.5, 0.6) is 5.75 Å². The largest absolute Gasteiger partial charge is 0.489 e. The molecule has 0 saturated carbocycles. The predicted molar refractivity (Wildman–Crippen MR) is 133 cm³/mol. The average molecular weight is 485 g/mol. The van der Waals surface area contributed by atoms with Crippen LogP contribution >= 0.6 is 0 Å². The Hall–Kier alpha value is -3.74. The molecule has 5 nitrogen and oxygen atoms in total. The number of ether oxygens (including phenoxy) is 3. The van der Waals surface area contributed by atoms with Gasteiger partial charge in [0.2, 0.25) is 0 Å². The van der Waals surface area contributed by atoms with E-state index in [4.69, 9.17) is 14.2 Å². The second-order valence-corrected chi connectivity index (χ2v) is 9.35. The van der Waals surface area contributed by atoms with Crippen LogP contribution in [0.2, 0.25) is 0 Å². The van der Waals surface area contributed by atoms with Crippen LogP contribution in [0.25, 0.3) is 21.9 Å². The molecule has 2 heterocycles. The highest BCUT2D eigenvalue weighted by atomic mass is 19.1. The summed E-state index contributed by atoms with van der Waals surface area (Å²) < 4.78 is 31.7. The predicted octanol–water partition coefficient (Wildman–Crippen LogP) is 5.89. The van der Waals surface area contributed by atoms with Gasteiger partial charge >= 0.3 is 5.97 Å². The quantitative estimate of drug-likeness (QED) is 0.358. The van der Waals surface area contributed by atoms with E-state index >= 15 is 0 Å². The highest BCUT2D eigenvalue weighted by Crippen LogP contribution is 2.40. The van der Waals surface area contributed by atoms with Crippen molar-refractivity contribution in [3.05, 3.63) is 101 Å². The SMILES string of the molecule is O=C1OCc2c1cc1ccc(OCc3cccc(C4(O)CCOCC4)c3)cc1c2-c1ccccc1F. The summed E-state index contributed by atoms with van der Waals surface area (Å²) in [6.07, 6.45) is 1.13. The summed E-state index contributed by atoms with van der Waals surface area (Å²) in [6.45, 7) is 1.51. The van der Waals surface area contributed by atoms with Crippen molar-refractivity contribution in [2.24, 2.45) is 0 Å². The topological polar surface area (TPSA) is 65.0 Å². The molecule has 0 radical (unpaired) electrons. The number of carbonyl (C=O) groups is 1. The number of fused-ring (bicyclic) bond motifs is 2. The van der Waals surface area contributed by atoms with Gasteiger partial charge in [-0.25, -0.2) is 9.18 Å². The lowest BCUT2D eigenvalue weighted by Crippen LogP contribution is -2.33. The van der Waals surface area contributed by atoms with Crippen molar-refractivity contribution in [1.82, 2.24) is 0 Å². The lowest BCUT2D eigenvalue weighted by Gasteiger charge is -2.32. The zero-order chi connectivity index (χ0) is 24.7. The van der Waals surface area contributed by atoms with Gasteiger partial charge in [-0.1, -0.05) is 42.5 Å². The van der Waals surface area contributed by atoms with Crippen molar-refractivity contribution in [2.75, 3.05) is 13.2 Å². The van der Waals surface area contributed by atoms with Crippen LogP contribution in [0.4, 0.5) is 4.39 Å². The average Bonchev–Trinajstić information content (AvgIpc) is 3.27. The fourth-order valence-corrected chi connectivity index (χ4v) is 5.14. The van der Waals surface area contributed by atoms with E-state index < -0.39 is 11.6 Å². The Morgan fingerprint density at radius 1 is 0.944 bits per heavy atom. The first-order valence-corrected chi connectivity index (χ1v) is 12.1. The van der Waals surface area contributed by atoms with Gasteiger partial charge in [0.05, 0.1) is 11.2 Å². The van der Waals surface area contributed by atoms with E-state index in [1.54, 1.807) is 24.3 Å². The number of benzene rings is 4. The number of rotatable bonds is 5. The molecule has 4 aromatic carbocycles. The van der Waals surface area contributed by atoms with Crippen LogP contribution < -0.4 is 4.74 Å². The molecule has 0 bridgehead atoms. The molecular formula is C30H25FO5. The number of cyclic esters (lactones) is 1. The molecule has 0 spiro atoms. The molecule has 0 unspecified atom stereocenters. The minimum absolute atomic E-state index is 0.111. The van der Waals surface area contributed by atoms with Crippen LogP contribution in [-0.4, -0.2) is 24.3 Å². The summed E-state index contributed by atoms with van der Waals surface area (Å²) in [5.74, 6) is -0.128. The fourth-order valence-electron chi connectivity index (χ4n) is 5.14. The van der Waals surface area contributed by atoms with Crippen molar-refractivity contribution in [2.45, 2.75) is 31.7 Å². The molecule has 1 saturated heterocycles. The van der Waals surface area contributed by atoms with E-state index in [0.29, 0.717) is 60.7 Å². The van der Waals surface area contributed by atoms with Crippen molar-refractivity contribution < 1.29 is 28.5 Å². The van der Waals surface area contributed by atoms with Gasteiger partial charge in [-0.2, -0.15) is 0 Å². The van der Waals surface area contributed by atoms with Crippen LogP contribution in [0.3, 0.4) is 0 Å². The van der Waals surface area contributed by atoms with Gasteiger partial charge in [-0.15, -0.1) is 0 Å². The molecule has 2 aliphatic heterocycles. The Bertz CT molecular complexity index is 1470. The van der Waals surface area contributed by atoms with E-state index in [2.05, 4.69) is 0 Å². The molecule has 182 valence electrons. The Labute approximate surface area is 208 Å². The third-order valence-electron chi connectivity index (χ3n) is 7.12. The minimum Gasteiger partial charge on any atom is -0.489 e. The maximum absolute atomic E-state index is 14.9. The fraction of sp³-hybridized carbons (Fsp3) is 0.233. The highest BCUT2D eigenvalue weighted by Gasteiger charge is 2.32. The molecule has 0 amide bonds. The molecule has 6 rings (SSSR count). The summed E-state index contributed by atoms with van der Waals surface area (Å²) in [6, 6.07) is 21.8. The number of halogens is 1. The first-order valence-electron chi connectivity index (χ1n) is 12.1. The zero-order valence-electron chi connectivity index (χ0n) is 19.6.